The molecule has 0 saturated heterocycles. The number of carboxylic acid groups (broad SMARTS) is 2. The van der Waals surface area contributed by atoms with Gasteiger partial charge in [-0.25, -0.2) is 26.8 Å². The molecule has 4 rings (SSSR count). The summed E-state index contributed by atoms with van der Waals surface area (Å²) in [4.78, 5) is 21.9. The normalized spacial score (nSPS) is 12.7. The average Bonchev–Trinajstić information content (AvgIpc) is 2.98. The van der Waals surface area contributed by atoms with Crippen molar-refractivity contribution in [3.8, 4) is 33.8 Å². The lowest BCUT2D eigenvalue weighted by molar-refractivity contribution is -0.145. The molecule has 0 aromatic heterocycles. The Labute approximate surface area is 281 Å². The Bertz CT molecular complexity index is 1950. The van der Waals surface area contributed by atoms with Crippen molar-refractivity contribution >= 4 is 45.0 Å². The van der Waals surface area contributed by atoms with Crippen molar-refractivity contribution in [2.45, 2.75) is 37.1 Å². The molecule has 0 radical (unpaired) electrons. The maximum Gasteiger partial charge on any atom is 0.416 e. The molecule has 0 aliphatic rings. The Morgan fingerprint density at radius 3 is 1.58 bits per heavy atom. The Kier molecular flexibility index (Phi) is 12.1. The molecule has 0 heterocycles. The zero-order valence-corrected chi connectivity index (χ0v) is 27.3. The second-order valence-electron chi connectivity index (χ2n) is 10.1. The Morgan fingerprint density at radius 2 is 1.17 bits per heavy atom. The smallest absolute Gasteiger partial charge is 0.416 e. The number of benzene rings is 4. The number of hydrogen-bond acceptors (Lipinski definition) is 6. The standard InChI is InChI=1S/C16H11ClF4O3.C16H14ClFO5S/c1-8(15(22)23)24-14-5-3-10(18)7-12(14)11-6-9(16(19,20)21)2-4-13(11)17;1-9(16(19)20)23-15-6-3-10(18)7-13(15)12-5-4-11(8-14(12)17)24(2,21)22/h2-8H,1H3,(H,22,23);3-9H,1-2H3,(H,19,20)/t8-;9-/m00/s1. The number of ether oxygens (including phenoxy) is 2. The highest BCUT2D eigenvalue weighted by atomic mass is 35.5. The molecule has 0 unspecified atom stereocenters. The number of rotatable bonds is 9. The maximum atomic E-state index is 13.6. The van der Waals surface area contributed by atoms with E-state index < -0.39 is 57.4 Å². The van der Waals surface area contributed by atoms with E-state index in [0.717, 1.165) is 54.8 Å². The molecule has 256 valence electrons. The van der Waals surface area contributed by atoms with Crippen molar-refractivity contribution < 1.29 is 59.6 Å². The Balaban J connectivity index is 0.000000260. The Hall–Kier alpha value is -4.40. The van der Waals surface area contributed by atoms with E-state index in [1.807, 2.05) is 0 Å². The zero-order valence-electron chi connectivity index (χ0n) is 25.0. The van der Waals surface area contributed by atoms with Crippen LogP contribution in [0.4, 0.5) is 22.0 Å². The van der Waals surface area contributed by atoms with Crippen LogP contribution in [0.15, 0.2) is 77.7 Å². The highest BCUT2D eigenvalue weighted by Gasteiger charge is 2.31. The van der Waals surface area contributed by atoms with E-state index in [1.165, 1.54) is 38.1 Å². The molecule has 0 bridgehead atoms. The molecule has 16 heteroatoms. The van der Waals surface area contributed by atoms with Gasteiger partial charge in [-0.2, -0.15) is 13.2 Å². The highest BCUT2D eigenvalue weighted by Crippen LogP contribution is 2.40. The van der Waals surface area contributed by atoms with Crippen LogP contribution in [0.3, 0.4) is 0 Å². The SMILES string of the molecule is C[C@H](Oc1ccc(F)cc1-c1cc(C(F)(F)F)ccc1Cl)C(=O)O.C[C@H](Oc1ccc(F)cc1-c1ccc(S(C)(=O)=O)cc1Cl)C(=O)O. The van der Waals surface area contributed by atoms with Gasteiger partial charge in [0.15, 0.2) is 22.0 Å². The van der Waals surface area contributed by atoms with Gasteiger partial charge in [-0.15, -0.1) is 0 Å². The third-order valence-corrected chi connectivity index (χ3v) is 8.18. The zero-order chi connectivity index (χ0) is 36.1. The summed E-state index contributed by atoms with van der Waals surface area (Å²) in [5.74, 6) is -3.71. The summed E-state index contributed by atoms with van der Waals surface area (Å²) >= 11 is 12.1. The van der Waals surface area contributed by atoms with Crippen molar-refractivity contribution in [1.29, 1.82) is 0 Å². The molecule has 4 aromatic rings. The molecule has 0 aliphatic carbocycles. The fourth-order valence-corrected chi connectivity index (χ4v) is 5.18. The van der Waals surface area contributed by atoms with Crippen LogP contribution in [-0.4, -0.2) is 49.0 Å². The van der Waals surface area contributed by atoms with Gasteiger partial charge in [0.1, 0.15) is 23.1 Å². The third kappa shape index (κ3) is 9.81. The summed E-state index contributed by atoms with van der Waals surface area (Å²) in [6, 6.07) is 13.3. The first-order valence-corrected chi connectivity index (χ1v) is 16.1. The van der Waals surface area contributed by atoms with Gasteiger partial charge in [-0.3, -0.25) is 0 Å². The molecule has 0 fully saturated rings. The summed E-state index contributed by atoms with van der Waals surface area (Å²) in [6.45, 7) is 2.58. The average molecular weight is 736 g/mol. The van der Waals surface area contributed by atoms with Crippen molar-refractivity contribution in [1.82, 2.24) is 0 Å². The number of hydrogen-bond donors (Lipinski definition) is 2. The first-order chi connectivity index (χ1) is 22.2. The topological polar surface area (TPSA) is 127 Å². The van der Waals surface area contributed by atoms with E-state index >= 15 is 0 Å². The maximum absolute atomic E-state index is 13.6. The second-order valence-corrected chi connectivity index (χ2v) is 12.9. The fourth-order valence-electron chi connectivity index (χ4n) is 3.97. The molecule has 0 amide bonds. The number of carbonyl (C=O) groups is 2. The Morgan fingerprint density at radius 1 is 0.688 bits per heavy atom. The van der Waals surface area contributed by atoms with Gasteiger partial charge in [0.05, 0.1) is 10.5 Å². The van der Waals surface area contributed by atoms with Gasteiger partial charge in [0, 0.05) is 38.6 Å². The van der Waals surface area contributed by atoms with E-state index in [2.05, 4.69) is 0 Å². The van der Waals surface area contributed by atoms with Gasteiger partial charge in [-0.05, 0) is 80.6 Å². The van der Waals surface area contributed by atoms with E-state index in [9.17, 15) is 40.0 Å². The molecule has 0 saturated carbocycles. The molecule has 0 spiro atoms. The van der Waals surface area contributed by atoms with Gasteiger partial charge in [0.2, 0.25) is 0 Å². The van der Waals surface area contributed by atoms with Crippen LogP contribution < -0.4 is 9.47 Å². The van der Waals surface area contributed by atoms with E-state index in [4.69, 9.17) is 42.9 Å². The van der Waals surface area contributed by atoms with Crippen LogP contribution in [0.25, 0.3) is 22.3 Å². The first kappa shape index (κ1) is 38.1. The highest BCUT2D eigenvalue weighted by molar-refractivity contribution is 7.90. The van der Waals surface area contributed by atoms with Gasteiger partial charge in [0.25, 0.3) is 0 Å². The molecule has 4 aromatic carbocycles. The van der Waals surface area contributed by atoms with Crippen molar-refractivity contribution in [3.63, 3.8) is 0 Å². The molecule has 8 nitrogen and oxygen atoms in total. The van der Waals surface area contributed by atoms with Crippen LogP contribution in [0.1, 0.15) is 19.4 Å². The lowest BCUT2D eigenvalue weighted by Gasteiger charge is -2.16. The lowest BCUT2D eigenvalue weighted by Crippen LogP contribution is -2.23. The third-order valence-electron chi connectivity index (χ3n) is 6.43. The number of carboxylic acids is 2. The number of halogens is 7. The first-order valence-electron chi connectivity index (χ1n) is 13.4. The second kappa shape index (κ2) is 15.2. The van der Waals surface area contributed by atoms with E-state index in [0.29, 0.717) is 5.56 Å². The van der Waals surface area contributed by atoms with Crippen LogP contribution in [0.2, 0.25) is 10.0 Å². The predicted molar refractivity (Wildman–Crippen MR) is 167 cm³/mol. The number of alkyl halides is 3. The molecule has 48 heavy (non-hydrogen) atoms. The van der Waals surface area contributed by atoms with Crippen LogP contribution in [0.5, 0.6) is 11.5 Å². The summed E-state index contributed by atoms with van der Waals surface area (Å²) in [5, 5.41) is 17.9. The van der Waals surface area contributed by atoms with Crippen molar-refractivity contribution in [2.24, 2.45) is 0 Å². The van der Waals surface area contributed by atoms with Crippen LogP contribution in [0, 0.1) is 11.6 Å². The largest absolute Gasteiger partial charge is 0.479 e. The van der Waals surface area contributed by atoms with Crippen molar-refractivity contribution in [2.75, 3.05) is 6.26 Å². The van der Waals surface area contributed by atoms with Crippen LogP contribution >= 0.6 is 23.2 Å². The van der Waals surface area contributed by atoms with Gasteiger partial charge >= 0.3 is 18.1 Å². The fraction of sp³-hybridized carbons (Fsp3) is 0.188. The summed E-state index contributed by atoms with van der Waals surface area (Å²) < 4.78 is 99.5. The summed E-state index contributed by atoms with van der Waals surface area (Å²) in [7, 11) is -3.44. The van der Waals surface area contributed by atoms with Crippen molar-refractivity contribution in [3.05, 3.63) is 100 Å². The molecule has 2 N–H and O–H groups in total. The minimum absolute atomic E-state index is 0.0222. The summed E-state index contributed by atoms with van der Waals surface area (Å²) in [6.07, 6.45) is -5.99. The molecule has 0 aliphatic heterocycles. The van der Waals surface area contributed by atoms with Crippen LogP contribution in [-0.2, 0) is 25.6 Å². The predicted octanol–water partition coefficient (Wildman–Crippen LogP) is 8.42. The van der Waals surface area contributed by atoms with E-state index in [1.54, 1.807) is 0 Å². The molecular weight excluding hydrogens is 710 g/mol. The van der Waals surface area contributed by atoms with Gasteiger partial charge < -0.3 is 19.7 Å². The monoisotopic (exact) mass is 734 g/mol. The lowest BCUT2D eigenvalue weighted by atomic mass is 10.0. The number of aliphatic carboxylic acids is 2. The molecular formula is C32H25Cl2F5O8S. The summed E-state index contributed by atoms with van der Waals surface area (Å²) in [5.41, 5.74) is -0.592. The quantitative estimate of drug-likeness (QED) is 0.164. The van der Waals surface area contributed by atoms with E-state index in [-0.39, 0.29) is 43.1 Å². The number of sulfone groups is 1. The minimum Gasteiger partial charge on any atom is -0.479 e. The minimum atomic E-state index is -4.61. The molecule has 2 atom stereocenters. The van der Waals surface area contributed by atoms with Gasteiger partial charge in [-0.1, -0.05) is 29.3 Å².